The molecule has 0 radical (unpaired) electrons. The van der Waals surface area contributed by atoms with Crippen molar-refractivity contribution in [1.29, 1.82) is 0 Å². The van der Waals surface area contributed by atoms with E-state index in [1.54, 1.807) is 11.8 Å². The first-order valence-electron chi connectivity index (χ1n) is 7.36. The molecular formula is C18H17ClN2O3. The molecule has 2 heterocycles. The standard InChI is InChI=1S/C18H17N2O3.ClH/c1-11-9-13-5-8-15-18(23-10-22-15)16(13)17(20(11)19)12-3-6-14(21-2)7-4-12;/h3-9H,10,19H2,1-2H3;1H/q+1;/p-1. The van der Waals surface area contributed by atoms with Gasteiger partial charge in [0.2, 0.25) is 12.5 Å². The summed E-state index contributed by atoms with van der Waals surface area (Å²) < 4.78 is 18.1. The third-order valence-corrected chi connectivity index (χ3v) is 4.16. The van der Waals surface area contributed by atoms with Crippen LogP contribution in [0.15, 0.2) is 42.5 Å². The van der Waals surface area contributed by atoms with Crippen LogP contribution in [0.1, 0.15) is 5.69 Å². The molecule has 4 rings (SSSR count). The number of pyridine rings is 1. The van der Waals surface area contributed by atoms with E-state index in [0.717, 1.165) is 45.0 Å². The van der Waals surface area contributed by atoms with Crippen molar-refractivity contribution in [3.8, 4) is 28.5 Å². The molecular weight excluding hydrogens is 328 g/mol. The Morgan fingerprint density at radius 3 is 2.54 bits per heavy atom. The fraction of sp³-hybridized carbons (Fsp3) is 0.167. The summed E-state index contributed by atoms with van der Waals surface area (Å²) in [6, 6.07) is 13.8. The van der Waals surface area contributed by atoms with Gasteiger partial charge in [0.15, 0.2) is 11.5 Å². The molecule has 1 aliphatic rings. The second kappa shape index (κ2) is 6.09. The zero-order valence-electron chi connectivity index (χ0n) is 13.4. The average molecular weight is 345 g/mol. The van der Waals surface area contributed by atoms with E-state index < -0.39 is 0 Å². The second-order valence-electron chi connectivity index (χ2n) is 5.50. The first-order valence-corrected chi connectivity index (χ1v) is 7.36. The molecule has 3 aromatic rings. The molecule has 2 N–H and O–H groups in total. The zero-order valence-corrected chi connectivity index (χ0v) is 14.1. The summed E-state index contributed by atoms with van der Waals surface area (Å²) in [5.41, 5.74) is 2.85. The minimum atomic E-state index is 0. The SMILES string of the molecule is COc1ccc(-c2c3c4c(ccc3cc(C)[n+]2N)OCO4)cc1.[Cl-]. The van der Waals surface area contributed by atoms with Crippen LogP contribution >= 0.6 is 0 Å². The van der Waals surface area contributed by atoms with Gasteiger partial charge in [0.25, 0.3) is 5.69 Å². The Labute approximate surface area is 145 Å². The van der Waals surface area contributed by atoms with Crippen molar-refractivity contribution < 1.29 is 31.3 Å². The maximum atomic E-state index is 6.33. The Morgan fingerprint density at radius 1 is 1.08 bits per heavy atom. The number of halogens is 1. The number of hydrogen-bond acceptors (Lipinski definition) is 4. The molecule has 0 saturated carbocycles. The van der Waals surface area contributed by atoms with Gasteiger partial charge < -0.3 is 26.6 Å². The van der Waals surface area contributed by atoms with E-state index in [9.17, 15) is 0 Å². The molecule has 0 unspecified atom stereocenters. The molecule has 0 amide bonds. The van der Waals surface area contributed by atoms with E-state index in [4.69, 9.17) is 20.1 Å². The minimum Gasteiger partial charge on any atom is -1.00 e. The van der Waals surface area contributed by atoms with Crippen LogP contribution in [0.25, 0.3) is 22.0 Å². The number of nitrogens with zero attached hydrogens (tertiary/aromatic N) is 1. The topological polar surface area (TPSA) is 57.6 Å². The smallest absolute Gasteiger partial charge is 0.254 e. The normalized spacial score (nSPS) is 12.1. The van der Waals surface area contributed by atoms with Gasteiger partial charge in [-0.25, -0.2) is 5.84 Å². The van der Waals surface area contributed by atoms with Crippen molar-refractivity contribution >= 4 is 10.8 Å². The molecule has 0 atom stereocenters. The molecule has 6 heteroatoms. The summed E-state index contributed by atoms with van der Waals surface area (Å²) in [7, 11) is 1.65. The van der Waals surface area contributed by atoms with E-state index in [0.29, 0.717) is 0 Å². The third kappa shape index (κ3) is 2.37. The molecule has 0 aliphatic carbocycles. The van der Waals surface area contributed by atoms with Gasteiger partial charge in [0.1, 0.15) is 11.1 Å². The molecule has 0 spiro atoms. The highest BCUT2D eigenvalue weighted by molar-refractivity contribution is 6.00. The fourth-order valence-electron chi connectivity index (χ4n) is 2.98. The number of rotatable bonds is 2. The molecule has 24 heavy (non-hydrogen) atoms. The summed E-state index contributed by atoms with van der Waals surface area (Å²) >= 11 is 0. The number of fused-ring (bicyclic) bond motifs is 3. The van der Waals surface area contributed by atoms with Crippen LogP contribution in [0.4, 0.5) is 0 Å². The van der Waals surface area contributed by atoms with Crippen LogP contribution in [-0.4, -0.2) is 13.9 Å². The number of aromatic nitrogens is 1. The fourth-order valence-corrected chi connectivity index (χ4v) is 2.98. The van der Waals surface area contributed by atoms with Gasteiger partial charge in [-0.1, -0.05) is 4.68 Å². The van der Waals surface area contributed by atoms with Crippen LogP contribution in [-0.2, 0) is 0 Å². The molecule has 1 aromatic heterocycles. The van der Waals surface area contributed by atoms with Gasteiger partial charge in [-0.05, 0) is 41.8 Å². The average Bonchev–Trinajstić information content (AvgIpc) is 3.05. The Bertz CT molecular complexity index is 911. The Morgan fingerprint density at radius 2 is 1.83 bits per heavy atom. The summed E-state index contributed by atoms with van der Waals surface area (Å²) in [5.74, 6) is 8.63. The molecule has 1 aliphatic heterocycles. The Kier molecular flexibility index (Phi) is 4.11. The highest BCUT2D eigenvalue weighted by Gasteiger charge is 2.27. The van der Waals surface area contributed by atoms with Gasteiger partial charge in [-0.2, -0.15) is 0 Å². The minimum absolute atomic E-state index is 0. The van der Waals surface area contributed by atoms with Gasteiger partial charge in [0, 0.05) is 13.0 Å². The molecule has 0 bridgehead atoms. The number of nitrogens with two attached hydrogens (primary N) is 1. The van der Waals surface area contributed by atoms with Crippen molar-refractivity contribution in [3.63, 3.8) is 0 Å². The lowest BCUT2D eigenvalue weighted by atomic mass is 10.0. The van der Waals surface area contributed by atoms with Gasteiger partial charge in [0.05, 0.1) is 12.7 Å². The van der Waals surface area contributed by atoms with E-state index in [2.05, 4.69) is 0 Å². The maximum Gasteiger partial charge on any atom is 0.254 e. The number of hydrogen-bond donors (Lipinski definition) is 1. The Hall–Kier alpha value is -2.66. The van der Waals surface area contributed by atoms with Crippen molar-refractivity contribution in [2.75, 3.05) is 19.7 Å². The van der Waals surface area contributed by atoms with Crippen molar-refractivity contribution in [3.05, 3.63) is 48.2 Å². The van der Waals surface area contributed by atoms with Crippen LogP contribution in [0.2, 0.25) is 0 Å². The summed E-state index contributed by atoms with van der Waals surface area (Å²) in [6.07, 6.45) is 0. The predicted molar refractivity (Wildman–Crippen MR) is 87.1 cm³/mol. The lowest BCUT2D eigenvalue weighted by molar-refractivity contribution is -0.632. The number of methoxy groups -OCH3 is 1. The van der Waals surface area contributed by atoms with E-state index >= 15 is 0 Å². The number of aryl methyl sites for hydroxylation is 1. The van der Waals surface area contributed by atoms with E-state index in [1.807, 2.05) is 49.4 Å². The van der Waals surface area contributed by atoms with Crippen molar-refractivity contribution in [2.45, 2.75) is 6.92 Å². The zero-order chi connectivity index (χ0) is 16.0. The first kappa shape index (κ1) is 16.2. The molecule has 2 aromatic carbocycles. The molecule has 124 valence electrons. The quantitative estimate of drug-likeness (QED) is 0.506. The van der Waals surface area contributed by atoms with Crippen molar-refractivity contribution in [2.24, 2.45) is 0 Å². The molecule has 5 nitrogen and oxygen atoms in total. The summed E-state index contributed by atoms with van der Waals surface area (Å²) in [4.78, 5) is 0. The first-order chi connectivity index (χ1) is 11.2. The van der Waals surface area contributed by atoms with E-state index in [1.165, 1.54) is 0 Å². The number of nitrogen functional groups attached to an aromatic ring is 1. The molecule has 0 saturated heterocycles. The summed E-state index contributed by atoms with van der Waals surface area (Å²) in [5, 5.41) is 2.03. The van der Waals surface area contributed by atoms with Crippen molar-refractivity contribution in [1.82, 2.24) is 0 Å². The second-order valence-corrected chi connectivity index (χ2v) is 5.50. The third-order valence-electron chi connectivity index (χ3n) is 4.16. The number of benzene rings is 2. The van der Waals surface area contributed by atoms with Crippen LogP contribution in [0.3, 0.4) is 0 Å². The van der Waals surface area contributed by atoms with Gasteiger partial charge >= 0.3 is 0 Å². The van der Waals surface area contributed by atoms with E-state index in [-0.39, 0.29) is 19.2 Å². The van der Waals surface area contributed by atoms with Crippen LogP contribution in [0, 0.1) is 6.92 Å². The Balaban J connectivity index is 0.00000169. The highest BCUT2D eigenvalue weighted by Crippen LogP contribution is 2.42. The maximum absolute atomic E-state index is 6.33. The van der Waals surface area contributed by atoms with Gasteiger partial charge in [-0.15, -0.1) is 0 Å². The van der Waals surface area contributed by atoms with Gasteiger partial charge in [-0.3, -0.25) is 0 Å². The van der Waals surface area contributed by atoms with Crippen LogP contribution < -0.4 is 37.1 Å². The number of ether oxygens (including phenoxy) is 3. The lowest BCUT2D eigenvalue weighted by Gasteiger charge is -2.09. The highest BCUT2D eigenvalue weighted by atomic mass is 35.5. The largest absolute Gasteiger partial charge is 1.00 e. The van der Waals surface area contributed by atoms with Crippen LogP contribution in [0.5, 0.6) is 17.2 Å². The lowest BCUT2D eigenvalue weighted by Crippen LogP contribution is -3.00. The summed E-state index contributed by atoms with van der Waals surface area (Å²) in [6.45, 7) is 2.21. The molecule has 0 fully saturated rings. The monoisotopic (exact) mass is 344 g/mol. The predicted octanol–water partition coefficient (Wildman–Crippen LogP) is -0.442.